The molecule has 1 unspecified atom stereocenters. The predicted octanol–water partition coefficient (Wildman–Crippen LogP) is 5.47. The molecule has 1 aliphatic rings. The molecule has 192 valence electrons. The third-order valence-electron chi connectivity index (χ3n) is 6.42. The Morgan fingerprint density at radius 3 is 2.49 bits per heavy atom. The van der Waals surface area contributed by atoms with Crippen LogP contribution in [0.5, 0.6) is 11.5 Å². The van der Waals surface area contributed by atoms with Crippen molar-refractivity contribution in [3.8, 4) is 22.8 Å². The molecule has 1 atom stereocenters. The molecule has 7 nitrogen and oxygen atoms in total. The van der Waals surface area contributed by atoms with Gasteiger partial charge in [-0.2, -0.15) is 0 Å². The number of alkyl halides is 3. The van der Waals surface area contributed by atoms with E-state index < -0.39 is 6.36 Å². The zero-order valence-electron chi connectivity index (χ0n) is 20.1. The van der Waals surface area contributed by atoms with Gasteiger partial charge in [-0.05, 0) is 30.5 Å². The topological polar surface area (TPSA) is 69.5 Å². The molecule has 1 saturated heterocycles. The molecular formula is C27H25F3N4O3. The zero-order valence-corrected chi connectivity index (χ0v) is 20.1. The smallest absolute Gasteiger partial charge is 0.489 e. The number of rotatable bonds is 6. The molecule has 1 amide bonds. The number of carbonyl (C=O) groups excluding carboxylic acids is 1. The SMILES string of the molecule is Cn1c(-c2ccccc2)c(C(=O)N2CCCC(COc3ccccc3OC(F)(F)F)C2)c2nccnc21. The maximum Gasteiger partial charge on any atom is 0.573 e. The van der Waals surface area contributed by atoms with Crippen LogP contribution in [0, 0.1) is 5.92 Å². The Hall–Kier alpha value is -4.08. The van der Waals surface area contributed by atoms with E-state index in [9.17, 15) is 18.0 Å². The number of fused-ring (bicyclic) bond motifs is 1. The predicted molar refractivity (Wildman–Crippen MR) is 131 cm³/mol. The minimum atomic E-state index is -4.81. The van der Waals surface area contributed by atoms with Crippen molar-refractivity contribution < 1.29 is 27.4 Å². The van der Waals surface area contributed by atoms with Gasteiger partial charge in [0.05, 0.1) is 17.9 Å². The third-order valence-corrected chi connectivity index (χ3v) is 6.42. The van der Waals surface area contributed by atoms with Gasteiger partial charge in [-0.25, -0.2) is 4.98 Å². The van der Waals surface area contributed by atoms with Crippen LogP contribution in [0.3, 0.4) is 0 Å². The lowest BCUT2D eigenvalue weighted by Crippen LogP contribution is -2.41. The average molecular weight is 511 g/mol. The fraction of sp³-hybridized carbons (Fsp3) is 0.296. The first-order chi connectivity index (χ1) is 17.8. The normalized spacial score (nSPS) is 16.1. The van der Waals surface area contributed by atoms with Crippen LogP contribution >= 0.6 is 0 Å². The summed E-state index contributed by atoms with van der Waals surface area (Å²) in [6.45, 7) is 1.13. The van der Waals surface area contributed by atoms with Gasteiger partial charge in [0, 0.05) is 38.4 Å². The summed E-state index contributed by atoms with van der Waals surface area (Å²) < 4.78 is 50.0. The molecular weight excluding hydrogens is 485 g/mol. The molecule has 0 N–H and O–H groups in total. The van der Waals surface area contributed by atoms with Crippen LogP contribution in [0.15, 0.2) is 67.0 Å². The summed E-state index contributed by atoms with van der Waals surface area (Å²) in [4.78, 5) is 24.6. The number of piperidine rings is 1. The Balaban J connectivity index is 1.38. The molecule has 0 aliphatic carbocycles. The lowest BCUT2D eigenvalue weighted by atomic mass is 9.97. The van der Waals surface area contributed by atoms with E-state index in [1.807, 2.05) is 41.9 Å². The summed E-state index contributed by atoms with van der Waals surface area (Å²) in [6, 6.07) is 15.3. The Morgan fingerprint density at radius 2 is 1.73 bits per heavy atom. The summed E-state index contributed by atoms with van der Waals surface area (Å²) in [5.74, 6) is -0.590. The van der Waals surface area contributed by atoms with Crippen LogP contribution < -0.4 is 9.47 Å². The van der Waals surface area contributed by atoms with Crippen molar-refractivity contribution in [3.63, 3.8) is 0 Å². The first kappa shape index (κ1) is 24.6. The zero-order chi connectivity index (χ0) is 26.0. The van der Waals surface area contributed by atoms with Gasteiger partial charge in [0.1, 0.15) is 5.52 Å². The lowest BCUT2D eigenvalue weighted by Gasteiger charge is -2.33. The van der Waals surface area contributed by atoms with E-state index in [-0.39, 0.29) is 29.9 Å². The Kier molecular flexibility index (Phi) is 6.73. The number of hydrogen-bond acceptors (Lipinski definition) is 5. The van der Waals surface area contributed by atoms with Gasteiger partial charge in [0.2, 0.25) is 0 Å². The molecule has 3 heterocycles. The molecule has 4 aromatic rings. The minimum Gasteiger partial charge on any atom is -0.489 e. The fourth-order valence-corrected chi connectivity index (χ4v) is 4.80. The van der Waals surface area contributed by atoms with Crippen molar-refractivity contribution in [2.75, 3.05) is 19.7 Å². The second-order valence-corrected chi connectivity index (χ2v) is 8.94. The molecule has 1 fully saturated rings. The first-order valence-corrected chi connectivity index (χ1v) is 11.9. The van der Waals surface area contributed by atoms with Crippen molar-refractivity contribution in [3.05, 3.63) is 72.6 Å². The molecule has 0 saturated carbocycles. The highest BCUT2D eigenvalue weighted by Crippen LogP contribution is 2.34. The third kappa shape index (κ3) is 5.23. The Labute approximate surface area is 211 Å². The second kappa shape index (κ2) is 10.1. The first-order valence-electron chi connectivity index (χ1n) is 11.9. The summed E-state index contributed by atoms with van der Waals surface area (Å²) in [5, 5.41) is 0. The van der Waals surface area contributed by atoms with Crippen molar-refractivity contribution in [1.29, 1.82) is 0 Å². The van der Waals surface area contributed by atoms with Crippen LogP contribution in [0.2, 0.25) is 0 Å². The van der Waals surface area contributed by atoms with Crippen molar-refractivity contribution in [1.82, 2.24) is 19.4 Å². The number of halogens is 3. The summed E-state index contributed by atoms with van der Waals surface area (Å²) in [7, 11) is 1.86. The van der Waals surface area contributed by atoms with Crippen molar-refractivity contribution in [2.24, 2.45) is 13.0 Å². The van der Waals surface area contributed by atoms with Gasteiger partial charge >= 0.3 is 6.36 Å². The fourth-order valence-electron chi connectivity index (χ4n) is 4.80. The average Bonchev–Trinajstić information content (AvgIpc) is 3.20. The molecule has 0 bridgehead atoms. The van der Waals surface area contributed by atoms with Gasteiger partial charge in [0.15, 0.2) is 17.1 Å². The maximum absolute atomic E-state index is 13.9. The summed E-state index contributed by atoms with van der Waals surface area (Å²) in [6.07, 6.45) is -0.114. The van der Waals surface area contributed by atoms with E-state index in [0.717, 1.165) is 24.1 Å². The van der Waals surface area contributed by atoms with Crippen LogP contribution in [0.4, 0.5) is 13.2 Å². The minimum absolute atomic E-state index is 0.0129. The molecule has 2 aromatic carbocycles. The lowest BCUT2D eigenvalue weighted by molar-refractivity contribution is -0.275. The maximum atomic E-state index is 13.9. The van der Waals surface area contributed by atoms with Crippen LogP contribution in [-0.4, -0.2) is 51.4 Å². The van der Waals surface area contributed by atoms with Crippen molar-refractivity contribution in [2.45, 2.75) is 19.2 Å². The number of ether oxygens (including phenoxy) is 2. The number of aromatic nitrogens is 3. The molecule has 0 spiro atoms. The largest absolute Gasteiger partial charge is 0.573 e. The van der Waals surface area contributed by atoms with E-state index >= 15 is 0 Å². The second-order valence-electron chi connectivity index (χ2n) is 8.94. The molecule has 10 heteroatoms. The number of benzene rings is 2. The number of aryl methyl sites for hydroxylation is 1. The highest BCUT2D eigenvalue weighted by molar-refractivity contribution is 6.10. The van der Waals surface area contributed by atoms with Gasteiger partial charge in [-0.15, -0.1) is 13.2 Å². The van der Waals surface area contributed by atoms with E-state index in [0.29, 0.717) is 29.8 Å². The summed E-state index contributed by atoms with van der Waals surface area (Å²) >= 11 is 0. The van der Waals surface area contributed by atoms with Gasteiger partial charge in [-0.1, -0.05) is 42.5 Å². The number of amides is 1. The number of nitrogens with zero attached hydrogens (tertiary/aromatic N) is 4. The monoisotopic (exact) mass is 510 g/mol. The van der Waals surface area contributed by atoms with E-state index in [1.54, 1.807) is 23.4 Å². The highest BCUT2D eigenvalue weighted by atomic mass is 19.4. The van der Waals surface area contributed by atoms with Gasteiger partial charge < -0.3 is 18.9 Å². The molecule has 5 rings (SSSR count). The molecule has 1 aliphatic heterocycles. The molecule has 2 aromatic heterocycles. The van der Waals surface area contributed by atoms with Gasteiger partial charge in [-0.3, -0.25) is 9.78 Å². The molecule has 0 radical (unpaired) electrons. The number of carbonyl (C=O) groups is 1. The molecule has 37 heavy (non-hydrogen) atoms. The number of para-hydroxylation sites is 2. The number of likely N-dealkylation sites (tertiary alicyclic amines) is 1. The van der Waals surface area contributed by atoms with Crippen molar-refractivity contribution >= 4 is 17.1 Å². The highest BCUT2D eigenvalue weighted by Gasteiger charge is 2.33. The summed E-state index contributed by atoms with van der Waals surface area (Å²) in [5.41, 5.74) is 3.25. The van der Waals surface area contributed by atoms with Crippen LogP contribution in [-0.2, 0) is 7.05 Å². The number of hydrogen-bond donors (Lipinski definition) is 0. The van der Waals surface area contributed by atoms with Crippen LogP contribution in [0.25, 0.3) is 22.4 Å². The van der Waals surface area contributed by atoms with Gasteiger partial charge in [0.25, 0.3) is 5.91 Å². The Morgan fingerprint density at radius 1 is 1.03 bits per heavy atom. The Bertz CT molecular complexity index is 1410. The quantitative estimate of drug-likeness (QED) is 0.344. The standard InChI is InChI=1S/C27H25F3N4O3/c1-33-24(19-9-3-2-4-10-19)22(23-25(33)32-14-13-31-23)26(35)34-15-7-8-18(16-34)17-36-20-11-5-6-12-21(20)37-27(28,29)30/h2-6,9-14,18H,7-8,15-17H2,1H3. The van der Waals surface area contributed by atoms with E-state index in [2.05, 4.69) is 14.7 Å². The van der Waals surface area contributed by atoms with E-state index in [4.69, 9.17) is 4.74 Å². The van der Waals surface area contributed by atoms with E-state index in [1.165, 1.54) is 18.2 Å². The van der Waals surface area contributed by atoms with Crippen LogP contribution in [0.1, 0.15) is 23.2 Å².